The van der Waals surface area contributed by atoms with Crippen LogP contribution in [0.4, 0.5) is 5.13 Å². The van der Waals surface area contributed by atoms with Gasteiger partial charge < -0.3 is 41.4 Å². The third-order valence-electron chi connectivity index (χ3n) is 7.31. The number of nitrogens with zero attached hydrogens (tertiary/aromatic N) is 7. The number of thiazole rings is 1. The van der Waals surface area contributed by atoms with E-state index in [-0.39, 0.29) is 57.0 Å². The Morgan fingerprint density at radius 2 is 1.90 bits per heavy atom. The van der Waals surface area contributed by atoms with Gasteiger partial charge in [-0.3, -0.25) is 19.3 Å². The number of fused-ring (bicyclic) bond motifs is 2. The molecule has 2 aliphatic heterocycles. The molecule has 1 fully saturated rings. The molecule has 0 spiro atoms. The van der Waals surface area contributed by atoms with Crippen LogP contribution in [-0.2, 0) is 37.0 Å². The number of benzene rings is 1. The van der Waals surface area contributed by atoms with E-state index in [1.165, 1.54) is 34.1 Å². The highest BCUT2D eigenvalue weighted by Gasteiger charge is 2.54. The maximum absolute atomic E-state index is 13.5. The number of anilines is 1. The van der Waals surface area contributed by atoms with E-state index in [0.29, 0.717) is 10.6 Å². The normalized spacial score (nSPS) is 17.2. The van der Waals surface area contributed by atoms with Crippen molar-refractivity contribution in [1.29, 1.82) is 0 Å². The zero-order chi connectivity index (χ0) is 36.6. The van der Waals surface area contributed by atoms with Gasteiger partial charge in [-0.2, -0.15) is 14.6 Å². The number of hydrogen-bond acceptors (Lipinski definition) is 17. The number of β-lactam (4-membered cyclic amide) rings is 1. The summed E-state index contributed by atoms with van der Waals surface area (Å²) in [5.74, 6) is -6.44. The van der Waals surface area contributed by atoms with E-state index < -0.39 is 65.0 Å². The van der Waals surface area contributed by atoms with Gasteiger partial charge in [-0.05, 0) is 23.8 Å². The summed E-state index contributed by atoms with van der Waals surface area (Å²) in [7, 11) is 0. The molecule has 1 saturated heterocycles. The number of phenols is 2. The van der Waals surface area contributed by atoms with Crippen molar-refractivity contribution in [3.05, 3.63) is 63.7 Å². The molecule has 2 atom stereocenters. The molecule has 4 aromatic rings. The number of carboxylic acid groups (broad SMARTS) is 3. The van der Waals surface area contributed by atoms with Crippen molar-refractivity contribution in [2.45, 2.75) is 29.5 Å². The quantitative estimate of drug-likeness (QED) is 0.0242. The van der Waals surface area contributed by atoms with E-state index in [1.807, 2.05) is 0 Å². The summed E-state index contributed by atoms with van der Waals surface area (Å²) in [6.07, 6.45) is 0.881. The van der Waals surface area contributed by atoms with E-state index in [9.17, 15) is 49.5 Å². The summed E-state index contributed by atoms with van der Waals surface area (Å²) in [6.45, 7) is -0.581. The van der Waals surface area contributed by atoms with Crippen molar-refractivity contribution in [3.63, 3.8) is 0 Å². The molecule has 20 nitrogen and oxygen atoms in total. The highest BCUT2D eigenvalue weighted by atomic mass is 32.2. The van der Waals surface area contributed by atoms with Gasteiger partial charge >= 0.3 is 17.9 Å². The number of aromatic nitrogens is 5. The van der Waals surface area contributed by atoms with Crippen molar-refractivity contribution in [2.75, 3.05) is 17.2 Å². The summed E-state index contributed by atoms with van der Waals surface area (Å²) in [5, 5.41) is 60.2. The van der Waals surface area contributed by atoms with Crippen LogP contribution in [0.3, 0.4) is 0 Å². The largest absolute Gasteiger partial charge is 0.504 e. The van der Waals surface area contributed by atoms with Crippen LogP contribution in [0.1, 0.15) is 27.3 Å². The lowest BCUT2D eigenvalue weighted by molar-refractivity contribution is -0.150. The SMILES string of the molecule is Nc1nc(C(=NOCc2cc(C(=O)O)cc(O)c2O)C(=O)N[C@@H]2C(=O)N3C(C(=O)O)=C(CSc4cc(CC(=O)O)nc5ncnn45)CS[C@H]23)cs1. The highest BCUT2D eigenvalue weighted by Crippen LogP contribution is 2.42. The molecule has 0 radical (unpaired) electrons. The molecule has 264 valence electrons. The molecular formula is C28H23N9O11S3. The smallest absolute Gasteiger partial charge is 0.352 e. The molecule has 0 bridgehead atoms. The summed E-state index contributed by atoms with van der Waals surface area (Å²) >= 11 is 3.34. The van der Waals surface area contributed by atoms with Crippen molar-refractivity contribution in [3.8, 4) is 11.5 Å². The first-order valence-corrected chi connectivity index (χ1v) is 17.2. The second-order valence-electron chi connectivity index (χ2n) is 10.6. The lowest BCUT2D eigenvalue weighted by Crippen LogP contribution is -2.71. The minimum Gasteiger partial charge on any atom is -0.504 e. The molecule has 2 aliphatic rings. The first-order chi connectivity index (χ1) is 24.3. The van der Waals surface area contributed by atoms with Gasteiger partial charge in [0.1, 0.15) is 40.8 Å². The van der Waals surface area contributed by atoms with Gasteiger partial charge in [0, 0.05) is 22.4 Å². The maximum Gasteiger partial charge on any atom is 0.352 e. The van der Waals surface area contributed by atoms with Crippen LogP contribution in [0.2, 0.25) is 0 Å². The fraction of sp³-hybridized carbons (Fsp3) is 0.214. The number of phenolic OH excluding ortho intramolecular Hbond substituents is 2. The Morgan fingerprint density at radius 3 is 2.59 bits per heavy atom. The molecule has 0 unspecified atom stereocenters. The van der Waals surface area contributed by atoms with Crippen molar-refractivity contribution in [1.82, 2.24) is 34.8 Å². The molecule has 5 heterocycles. The van der Waals surface area contributed by atoms with Crippen molar-refractivity contribution >= 4 is 81.2 Å². The number of thioether (sulfide) groups is 2. The van der Waals surface area contributed by atoms with Gasteiger partial charge in [0.2, 0.25) is 0 Å². The van der Waals surface area contributed by atoms with Crippen LogP contribution < -0.4 is 11.1 Å². The zero-order valence-corrected chi connectivity index (χ0v) is 27.9. The third kappa shape index (κ3) is 7.06. The van der Waals surface area contributed by atoms with Crippen molar-refractivity contribution < 1.29 is 54.3 Å². The van der Waals surface area contributed by atoms with Crippen LogP contribution in [0.5, 0.6) is 11.5 Å². The van der Waals surface area contributed by atoms with Gasteiger partial charge in [0.15, 0.2) is 22.3 Å². The summed E-state index contributed by atoms with van der Waals surface area (Å²) < 4.78 is 1.38. The molecule has 8 N–H and O–H groups in total. The first-order valence-electron chi connectivity index (χ1n) is 14.3. The molecule has 6 rings (SSSR count). The lowest BCUT2D eigenvalue weighted by atomic mass is 10.0. The van der Waals surface area contributed by atoms with E-state index in [0.717, 1.165) is 40.1 Å². The predicted octanol–water partition coefficient (Wildman–Crippen LogP) is 0.351. The molecule has 2 amide bonds. The van der Waals surface area contributed by atoms with Gasteiger partial charge in [-0.15, -0.1) is 34.9 Å². The lowest BCUT2D eigenvalue weighted by Gasteiger charge is -2.49. The van der Waals surface area contributed by atoms with E-state index in [2.05, 4.69) is 30.5 Å². The number of carbonyl (C=O) groups is 5. The fourth-order valence-electron chi connectivity index (χ4n) is 5.02. The van der Waals surface area contributed by atoms with Crippen molar-refractivity contribution in [2.24, 2.45) is 5.16 Å². The molecule has 23 heteroatoms. The number of nitrogen functional groups attached to an aromatic ring is 1. The number of amides is 2. The number of aromatic hydroxyl groups is 2. The molecule has 3 aromatic heterocycles. The van der Waals surface area contributed by atoms with Crippen LogP contribution >= 0.6 is 34.9 Å². The number of aliphatic carboxylic acids is 2. The molecule has 0 aliphatic carbocycles. The summed E-state index contributed by atoms with van der Waals surface area (Å²) in [6, 6.07) is 2.22. The average molecular weight is 758 g/mol. The summed E-state index contributed by atoms with van der Waals surface area (Å²) in [5.41, 5.74) is 5.13. The molecule has 0 saturated carbocycles. The average Bonchev–Trinajstić information content (AvgIpc) is 3.74. The number of oxime groups is 1. The monoisotopic (exact) mass is 757 g/mol. The Kier molecular flexibility index (Phi) is 9.67. The standard InChI is InChI=1S/C28H23N9O11S3/c29-27-33-14(8-51-27)18(35-48-5-11-1-10(25(44)45)2-15(38)21(11)41)22(42)34-19-23(43)36-20(26(46)47)12(7-50-24(19)36)6-49-16-3-13(4-17(39)40)32-28-30-9-31-37(16)28/h1-3,8-9,19,24,38,41H,4-7H2,(H2,29,33)(H,34,42)(H,39,40)(H,44,45)(H,46,47)/t19-,24-/m1/s1. The second kappa shape index (κ2) is 14.1. The number of aromatic carboxylic acids is 1. The minimum absolute atomic E-state index is 0.0316. The number of nitrogens with two attached hydrogens (primary N) is 1. The number of carboxylic acids is 3. The first kappa shape index (κ1) is 34.9. The molecular weight excluding hydrogens is 735 g/mol. The van der Waals surface area contributed by atoms with Gasteiger partial charge in [0.05, 0.1) is 17.7 Å². The topological polar surface area (TPSA) is 305 Å². The Bertz CT molecular complexity index is 2180. The van der Waals surface area contributed by atoms with Gasteiger partial charge in [-0.25, -0.2) is 19.6 Å². The number of nitrogens with one attached hydrogen (secondary N) is 1. The second-order valence-corrected chi connectivity index (χ2v) is 13.6. The van der Waals surface area contributed by atoms with Crippen LogP contribution in [0.25, 0.3) is 5.78 Å². The molecule has 51 heavy (non-hydrogen) atoms. The van der Waals surface area contributed by atoms with E-state index >= 15 is 0 Å². The van der Waals surface area contributed by atoms with Crippen LogP contribution in [0, 0.1) is 0 Å². The van der Waals surface area contributed by atoms with Crippen LogP contribution in [0.15, 0.2) is 51.4 Å². The Balaban J connectivity index is 1.18. The van der Waals surface area contributed by atoms with Gasteiger partial charge in [-0.1, -0.05) is 5.16 Å². The fourth-order valence-corrected chi connectivity index (χ4v) is 8.08. The number of rotatable bonds is 13. The predicted molar refractivity (Wildman–Crippen MR) is 177 cm³/mol. The van der Waals surface area contributed by atoms with E-state index in [1.54, 1.807) is 0 Å². The zero-order valence-electron chi connectivity index (χ0n) is 25.5. The number of carbonyl (C=O) groups excluding carboxylic acids is 2. The van der Waals surface area contributed by atoms with Gasteiger partial charge in [0.25, 0.3) is 17.6 Å². The maximum atomic E-state index is 13.5. The summed E-state index contributed by atoms with van der Waals surface area (Å²) in [4.78, 5) is 80.4. The molecule has 1 aromatic carbocycles. The Morgan fingerprint density at radius 1 is 1.12 bits per heavy atom. The Hall–Kier alpha value is -5.94. The minimum atomic E-state index is -1.38. The third-order valence-corrected chi connectivity index (χ3v) is 10.4. The Labute approximate surface area is 296 Å². The van der Waals surface area contributed by atoms with Crippen LogP contribution in [-0.4, -0.2) is 113 Å². The highest BCUT2D eigenvalue weighted by molar-refractivity contribution is 8.01. The van der Waals surface area contributed by atoms with E-state index in [4.69, 9.17) is 10.6 Å². The number of hydrogen-bond donors (Lipinski definition) is 7.